The van der Waals surface area contributed by atoms with Crippen LogP contribution in [-0.2, 0) is 0 Å². The first-order valence-electron chi connectivity index (χ1n) is 2.28. The molecule has 1 nitrogen and oxygen atoms in total. The van der Waals surface area contributed by atoms with E-state index >= 15 is 0 Å². The van der Waals surface area contributed by atoms with Crippen molar-refractivity contribution in [2.24, 2.45) is 0 Å². The highest BCUT2D eigenvalue weighted by molar-refractivity contribution is 7.99. The number of rotatable bonds is 0. The SMILES string of the molecule is C1CSCCN1.Cl.Cl. The molecule has 4 heteroatoms. The van der Waals surface area contributed by atoms with Gasteiger partial charge in [0, 0.05) is 24.6 Å². The molecular weight excluding hydrogens is 165 g/mol. The molecule has 0 bridgehead atoms. The Kier molecular flexibility index (Phi) is 11.5. The van der Waals surface area contributed by atoms with Crippen LogP contribution in [0, 0.1) is 0 Å². The van der Waals surface area contributed by atoms with Crippen molar-refractivity contribution in [1.82, 2.24) is 5.32 Å². The van der Waals surface area contributed by atoms with Gasteiger partial charge in [-0.15, -0.1) is 24.8 Å². The molecule has 0 radical (unpaired) electrons. The summed E-state index contributed by atoms with van der Waals surface area (Å²) in [6.07, 6.45) is 0. The Morgan fingerprint density at radius 3 is 1.62 bits per heavy atom. The van der Waals surface area contributed by atoms with E-state index in [1.165, 1.54) is 24.6 Å². The van der Waals surface area contributed by atoms with E-state index in [-0.39, 0.29) is 24.8 Å². The molecule has 1 saturated heterocycles. The normalized spacial score (nSPS) is 18.0. The van der Waals surface area contributed by atoms with Crippen molar-refractivity contribution in [3.63, 3.8) is 0 Å². The van der Waals surface area contributed by atoms with Gasteiger partial charge in [-0.3, -0.25) is 0 Å². The lowest BCUT2D eigenvalue weighted by Crippen LogP contribution is -2.24. The molecule has 1 heterocycles. The lowest BCUT2D eigenvalue weighted by molar-refractivity contribution is 0.756. The van der Waals surface area contributed by atoms with E-state index in [0.717, 1.165) is 0 Å². The van der Waals surface area contributed by atoms with Crippen LogP contribution in [0.5, 0.6) is 0 Å². The molecule has 0 atom stereocenters. The quantitative estimate of drug-likeness (QED) is 0.594. The van der Waals surface area contributed by atoms with Crippen LogP contribution in [0.3, 0.4) is 0 Å². The highest BCUT2D eigenvalue weighted by atomic mass is 35.5. The standard InChI is InChI=1S/C4H9NS.2ClH/c1-3-6-4-2-5-1;;/h5H,1-4H2;2*1H. The molecule has 0 saturated carbocycles. The first kappa shape index (κ1) is 11.7. The molecular formula is C4H11Cl2NS. The molecule has 1 N–H and O–H groups in total. The monoisotopic (exact) mass is 175 g/mol. The topological polar surface area (TPSA) is 12.0 Å². The zero-order valence-corrected chi connectivity index (χ0v) is 7.00. The average molecular weight is 176 g/mol. The number of nitrogens with one attached hydrogen (secondary N) is 1. The Morgan fingerprint density at radius 2 is 1.50 bits per heavy atom. The molecule has 0 aromatic heterocycles. The fourth-order valence-corrected chi connectivity index (χ4v) is 1.30. The summed E-state index contributed by atoms with van der Waals surface area (Å²) >= 11 is 2.03. The summed E-state index contributed by atoms with van der Waals surface area (Å²) < 4.78 is 0. The predicted molar refractivity (Wildman–Crippen MR) is 44.7 cm³/mol. The van der Waals surface area contributed by atoms with Gasteiger partial charge in [-0.05, 0) is 0 Å². The van der Waals surface area contributed by atoms with Crippen LogP contribution in [0.2, 0.25) is 0 Å². The number of thioether (sulfide) groups is 1. The molecule has 0 amide bonds. The van der Waals surface area contributed by atoms with E-state index in [1.807, 2.05) is 11.8 Å². The second-order valence-electron chi connectivity index (χ2n) is 1.36. The lowest BCUT2D eigenvalue weighted by atomic mass is 10.6. The third-order valence-electron chi connectivity index (χ3n) is 0.846. The Labute approximate surface area is 66.8 Å². The third kappa shape index (κ3) is 5.04. The molecule has 1 rings (SSSR count). The van der Waals surface area contributed by atoms with Gasteiger partial charge in [-0.1, -0.05) is 0 Å². The summed E-state index contributed by atoms with van der Waals surface area (Å²) in [6, 6.07) is 0. The number of hydrogen-bond donors (Lipinski definition) is 1. The van der Waals surface area contributed by atoms with Gasteiger partial charge in [0.2, 0.25) is 0 Å². The van der Waals surface area contributed by atoms with E-state index < -0.39 is 0 Å². The molecule has 0 aliphatic carbocycles. The van der Waals surface area contributed by atoms with Crippen molar-refractivity contribution in [3.8, 4) is 0 Å². The van der Waals surface area contributed by atoms with E-state index in [2.05, 4.69) is 5.32 Å². The average Bonchev–Trinajstić information content (AvgIpc) is 1.72. The lowest BCUT2D eigenvalue weighted by Gasteiger charge is -2.08. The van der Waals surface area contributed by atoms with Gasteiger partial charge in [0.05, 0.1) is 0 Å². The second-order valence-corrected chi connectivity index (χ2v) is 2.59. The van der Waals surface area contributed by atoms with Crippen molar-refractivity contribution in [1.29, 1.82) is 0 Å². The molecule has 1 fully saturated rings. The van der Waals surface area contributed by atoms with Crippen LogP contribution in [0.1, 0.15) is 0 Å². The fraction of sp³-hybridized carbons (Fsp3) is 1.00. The van der Waals surface area contributed by atoms with Crippen molar-refractivity contribution in [2.45, 2.75) is 0 Å². The highest BCUT2D eigenvalue weighted by Crippen LogP contribution is 1.99. The molecule has 0 unspecified atom stereocenters. The van der Waals surface area contributed by atoms with Gasteiger partial charge < -0.3 is 5.32 Å². The molecule has 0 aromatic rings. The smallest absolute Gasteiger partial charge is 0.00585 e. The molecule has 1 aliphatic rings. The maximum absolute atomic E-state index is 3.26. The molecule has 52 valence electrons. The zero-order chi connectivity index (χ0) is 4.24. The van der Waals surface area contributed by atoms with Gasteiger partial charge in [-0.25, -0.2) is 0 Å². The van der Waals surface area contributed by atoms with Crippen LogP contribution in [0.4, 0.5) is 0 Å². The summed E-state index contributed by atoms with van der Waals surface area (Å²) in [5.74, 6) is 2.61. The van der Waals surface area contributed by atoms with Gasteiger partial charge in [0.1, 0.15) is 0 Å². The van der Waals surface area contributed by atoms with Crippen molar-refractivity contribution in [2.75, 3.05) is 24.6 Å². The summed E-state index contributed by atoms with van der Waals surface area (Å²) in [7, 11) is 0. The maximum Gasteiger partial charge on any atom is 0.00585 e. The van der Waals surface area contributed by atoms with Crippen LogP contribution < -0.4 is 5.32 Å². The Balaban J connectivity index is 0. The summed E-state index contributed by atoms with van der Waals surface area (Å²) in [4.78, 5) is 0. The Bertz CT molecular complexity index is 29.5. The summed E-state index contributed by atoms with van der Waals surface area (Å²) in [5.41, 5.74) is 0. The maximum atomic E-state index is 3.26. The summed E-state index contributed by atoms with van der Waals surface area (Å²) in [5, 5.41) is 3.26. The van der Waals surface area contributed by atoms with Crippen molar-refractivity contribution in [3.05, 3.63) is 0 Å². The first-order chi connectivity index (χ1) is 3.00. The fourth-order valence-electron chi connectivity index (χ4n) is 0.516. The molecule has 0 aromatic carbocycles. The largest absolute Gasteiger partial charge is 0.315 e. The minimum Gasteiger partial charge on any atom is -0.315 e. The van der Waals surface area contributed by atoms with Crippen LogP contribution in [-0.4, -0.2) is 24.6 Å². The van der Waals surface area contributed by atoms with E-state index in [4.69, 9.17) is 0 Å². The third-order valence-corrected chi connectivity index (χ3v) is 1.83. The minimum atomic E-state index is 0. The van der Waals surface area contributed by atoms with Crippen molar-refractivity contribution >= 4 is 36.6 Å². The van der Waals surface area contributed by atoms with E-state index in [9.17, 15) is 0 Å². The molecule has 1 aliphatic heterocycles. The van der Waals surface area contributed by atoms with E-state index in [1.54, 1.807) is 0 Å². The van der Waals surface area contributed by atoms with Gasteiger partial charge >= 0.3 is 0 Å². The van der Waals surface area contributed by atoms with Gasteiger partial charge in [0.25, 0.3) is 0 Å². The zero-order valence-electron chi connectivity index (χ0n) is 4.55. The van der Waals surface area contributed by atoms with Crippen LogP contribution >= 0.6 is 36.6 Å². The van der Waals surface area contributed by atoms with E-state index in [0.29, 0.717) is 0 Å². The highest BCUT2D eigenvalue weighted by Gasteiger charge is 1.93. The Hall–Kier alpha value is 0.890. The minimum absolute atomic E-state index is 0. The molecule has 8 heavy (non-hydrogen) atoms. The van der Waals surface area contributed by atoms with Gasteiger partial charge in [-0.2, -0.15) is 11.8 Å². The number of hydrogen-bond acceptors (Lipinski definition) is 2. The first-order valence-corrected chi connectivity index (χ1v) is 3.44. The Morgan fingerprint density at radius 1 is 1.00 bits per heavy atom. The molecule has 0 spiro atoms. The number of halogens is 2. The van der Waals surface area contributed by atoms with Gasteiger partial charge in [0.15, 0.2) is 0 Å². The summed E-state index contributed by atoms with van der Waals surface area (Å²) in [6.45, 7) is 2.43. The van der Waals surface area contributed by atoms with Crippen LogP contribution in [0.25, 0.3) is 0 Å². The van der Waals surface area contributed by atoms with Crippen LogP contribution in [0.15, 0.2) is 0 Å². The predicted octanol–water partition coefficient (Wildman–Crippen LogP) is 1.17. The second kappa shape index (κ2) is 7.89. The van der Waals surface area contributed by atoms with Crippen molar-refractivity contribution < 1.29 is 0 Å².